The van der Waals surface area contributed by atoms with Crippen molar-refractivity contribution in [2.24, 2.45) is 5.92 Å². The van der Waals surface area contributed by atoms with Crippen molar-refractivity contribution < 1.29 is 36.8 Å². The van der Waals surface area contributed by atoms with Gasteiger partial charge in [0.25, 0.3) is 5.91 Å². The van der Waals surface area contributed by atoms with Crippen LogP contribution in [-0.2, 0) is 15.7 Å². The van der Waals surface area contributed by atoms with Crippen LogP contribution < -0.4 is 10.6 Å². The maximum absolute atomic E-state index is 12.8. The Morgan fingerprint density at radius 2 is 1.65 bits per heavy atom. The number of ether oxygens (including phenoxy) is 1. The number of carbonyl (C=O) groups excluding carboxylic acids is 3. The van der Waals surface area contributed by atoms with E-state index in [1.807, 2.05) is 0 Å². The first-order chi connectivity index (χ1) is 17.4. The highest BCUT2D eigenvalue weighted by Gasteiger charge is 2.33. The first-order valence-corrected chi connectivity index (χ1v) is 11.1. The number of hydrogen-bond donors (Lipinski definition) is 2. The van der Waals surface area contributed by atoms with Gasteiger partial charge in [-0.15, -0.1) is 0 Å². The number of benzene rings is 2. The van der Waals surface area contributed by atoms with Gasteiger partial charge in [-0.05, 0) is 36.2 Å². The third kappa shape index (κ3) is 6.66. The summed E-state index contributed by atoms with van der Waals surface area (Å²) in [6.07, 6.45) is -4.53. The van der Waals surface area contributed by atoms with E-state index in [4.69, 9.17) is 9.26 Å². The predicted molar refractivity (Wildman–Crippen MR) is 129 cm³/mol. The molecule has 0 aliphatic carbocycles. The summed E-state index contributed by atoms with van der Waals surface area (Å²) in [5, 5.41) is 8.78. The van der Waals surface area contributed by atoms with Gasteiger partial charge in [0.15, 0.2) is 0 Å². The number of halogens is 3. The van der Waals surface area contributed by atoms with Gasteiger partial charge in [0.1, 0.15) is 11.7 Å². The molecule has 2 aromatic carbocycles. The van der Waals surface area contributed by atoms with Crippen LogP contribution in [0.25, 0.3) is 11.3 Å². The Bertz CT molecular complexity index is 1270. The monoisotopic (exact) mass is 518 g/mol. The Balaban J connectivity index is 1.66. The summed E-state index contributed by atoms with van der Waals surface area (Å²) in [6, 6.07) is 10.5. The minimum atomic E-state index is -4.53. The van der Waals surface area contributed by atoms with Crippen molar-refractivity contribution in [3.8, 4) is 11.3 Å². The molecule has 0 radical (unpaired) electrons. The highest BCUT2D eigenvalue weighted by Crippen LogP contribution is 2.30. The van der Waals surface area contributed by atoms with Gasteiger partial charge in [0.2, 0.25) is 5.76 Å². The summed E-state index contributed by atoms with van der Waals surface area (Å²) >= 11 is 0. The number of amides is 3. The van der Waals surface area contributed by atoms with E-state index >= 15 is 0 Å². The molecular formula is C25H25F3N4O5. The lowest BCUT2D eigenvalue weighted by molar-refractivity contribution is -0.147. The lowest BCUT2D eigenvalue weighted by Crippen LogP contribution is -2.46. The van der Waals surface area contributed by atoms with Crippen LogP contribution in [0.4, 0.5) is 29.3 Å². The molecule has 3 aromatic rings. The number of esters is 1. The third-order valence-corrected chi connectivity index (χ3v) is 5.42. The van der Waals surface area contributed by atoms with E-state index in [9.17, 15) is 27.6 Å². The highest BCUT2D eigenvalue weighted by atomic mass is 19.4. The van der Waals surface area contributed by atoms with Crippen LogP contribution in [0.15, 0.2) is 59.1 Å². The van der Waals surface area contributed by atoms with Gasteiger partial charge in [0.05, 0.1) is 12.7 Å². The number of nitrogens with one attached hydrogen (secondary N) is 2. The number of methoxy groups -OCH3 is 1. The molecule has 12 heteroatoms. The SMILES string of the molecule is COC(=O)[C@H](C(C)C)N(C)C(=O)c1cc(-c2ccc(NC(=O)Nc3cccc(C(F)(F)F)c3)cc2)no1. The van der Waals surface area contributed by atoms with E-state index in [1.54, 1.807) is 38.1 Å². The fourth-order valence-corrected chi connectivity index (χ4v) is 3.60. The predicted octanol–water partition coefficient (Wildman–Crippen LogP) is 5.27. The van der Waals surface area contributed by atoms with Crippen molar-refractivity contribution in [3.63, 3.8) is 0 Å². The number of alkyl halides is 3. The molecule has 3 rings (SSSR count). The van der Waals surface area contributed by atoms with Gasteiger partial charge in [-0.3, -0.25) is 4.79 Å². The molecule has 0 spiro atoms. The first-order valence-electron chi connectivity index (χ1n) is 11.1. The van der Waals surface area contributed by atoms with E-state index in [0.29, 0.717) is 16.9 Å². The highest BCUT2D eigenvalue weighted by molar-refractivity contribution is 6.00. The maximum atomic E-state index is 12.8. The Kier molecular flexibility index (Phi) is 8.21. The van der Waals surface area contributed by atoms with E-state index in [1.165, 1.54) is 37.3 Å². The zero-order chi connectivity index (χ0) is 27.3. The normalized spacial score (nSPS) is 12.1. The number of nitrogens with zero attached hydrogens (tertiary/aromatic N) is 2. The molecule has 1 heterocycles. The Morgan fingerprint density at radius 1 is 1.00 bits per heavy atom. The summed E-state index contributed by atoms with van der Waals surface area (Å²) in [6.45, 7) is 3.57. The topological polar surface area (TPSA) is 114 Å². The van der Waals surface area contributed by atoms with Crippen molar-refractivity contribution in [2.45, 2.75) is 26.1 Å². The Hall–Kier alpha value is -4.35. The van der Waals surface area contributed by atoms with E-state index in [-0.39, 0.29) is 17.4 Å². The quantitative estimate of drug-likeness (QED) is 0.412. The molecule has 0 aliphatic heterocycles. The lowest BCUT2D eigenvalue weighted by atomic mass is 10.0. The molecule has 1 aromatic heterocycles. The second-order valence-electron chi connectivity index (χ2n) is 8.44. The molecule has 2 N–H and O–H groups in total. The van der Waals surface area contributed by atoms with Crippen LogP contribution >= 0.6 is 0 Å². The molecule has 0 saturated heterocycles. The van der Waals surface area contributed by atoms with Crippen LogP contribution in [0.1, 0.15) is 30.0 Å². The minimum absolute atomic E-state index is 0.0133. The van der Waals surface area contributed by atoms with Crippen molar-refractivity contribution in [2.75, 3.05) is 24.8 Å². The summed E-state index contributed by atoms with van der Waals surface area (Å²) in [7, 11) is 2.72. The summed E-state index contributed by atoms with van der Waals surface area (Å²) in [5.74, 6) is -1.37. The standard InChI is InChI=1S/C25H25F3N4O5/c1-14(2)21(23(34)36-4)32(3)22(33)20-13-19(31-37-20)15-8-10-17(11-9-15)29-24(35)30-18-7-5-6-16(12-18)25(26,27)28/h5-14,21H,1-4H3,(H2,29,30,35)/t21-/m0/s1. The number of aromatic nitrogens is 1. The smallest absolute Gasteiger partial charge is 0.416 e. The molecule has 1 atom stereocenters. The summed E-state index contributed by atoms with van der Waals surface area (Å²) in [4.78, 5) is 38.3. The van der Waals surface area contributed by atoms with Gasteiger partial charge < -0.3 is 24.8 Å². The van der Waals surface area contributed by atoms with Gasteiger partial charge in [-0.2, -0.15) is 13.2 Å². The first kappa shape index (κ1) is 27.2. The minimum Gasteiger partial charge on any atom is -0.467 e. The molecular weight excluding hydrogens is 493 g/mol. The van der Waals surface area contributed by atoms with Crippen LogP contribution in [0.2, 0.25) is 0 Å². The lowest BCUT2D eigenvalue weighted by Gasteiger charge is -2.27. The molecule has 0 unspecified atom stereocenters. The molecule has 0 saturated carbocycles. The van der Waals surface area contributed by atoms with Gasteiger partial charge >= 0.3 is 18.2 Å². The summed E-state index contributed by atoms with van der Waals surface area (Å²) in [5.41, 5.74) is 0.390. The number of urea groups is 1. The number of carbonyl (C=O) groups is 3. The molecule has 37 heavy (non-hydrogen) atoms. The largest absolute Gasteiger partial charge is 0.467 e. The van der Waals surface area contributed by atoms with Gasteiger partial charge in [-0.25, -0.2) is 9.59 Å². The maximum Gasteiger partial charge on any atom is 0.416 e. The molecule has 196 valence electrons. The summed E-state index contributed by atoms with van der Waals surface area (Å²) < 4.78 is 48.5. The Morgan fingerprint density at radius 3 is 2.24 bits per heavy atom. The Labute approximate surface area is 210 Å². The van der Waals surface area contributed by atoms with E-state index < -0.39 is 35.7 Å². The van der Waals surface area contributed by atoms with Crippen LogP contribution in [0, 0.1) is 5.92 Å². The van der Waals surface area contributed by atoms with E-state index in [0.717, 1.165) is 12.1 Å². The molecule has 0 aliphatic rings. The number of hydrogen-bond acceptors (Lipinski definition) is 6. The number of anilines is 2. The van der Waals surface area contributed by atoms with Crippen molar-refractivity contribution in [3.05, 3.63) is 65.9 Å². The number of likely N-dealkylation sites (N-methyl/N-ethyl adjacent to an activating group) is 1. The molecule has 0 bridgehead atoms. The van der Waals surface area contributed by atoms with Crippen molar-refractivity contribution in [1.29, 1.82) is 0 Å². The zero-order valence-electron chi connectivity index (χ0n) is 20.4. The van der Waals surface area contributed by atoms with Crippen LogP contribution in [-0.4, -0.2) is 48.2 Å². The molecule has 3 amide bonds. The van der Waals surface area contributed by atoms with Crippen molar-refractivity contribution in [1.82, 2.24) is 10.1 Å². The van der Waals surface area contributed by atoms with E-state index in [2.05, 4.69) is 15.8 Å². The fraction of sp³-hybridized carbons (Fsp3) is 0.280. The second kappa shape index (κ2) is 11.1. The fourth-order valence-electron chi connectivity index (χ4n) is 3.60. The zero-order valence-corrected chi connectivity index (χ0v) is 20.4. The van der Waals surface area contributed by atoms with Crippen molar-refractivity contribution >= 4 is 29.3 Å². The van der Waals surface area contributed by atoms with Crippen LogP contribution in [0.3, 0.4) is 0 Å². The van der Waals surface area contributed by atoms with Crippen LogP contribution in [0.5, 0.6) is 0 Å². The number of rotatable bonds is 7. The average molecular weight is 518 g/mol. The van der Waals surface area contributed by atoms with Gasteiger partial charge in [-0.1, -0.05) is 37.2 Å². The van der Waals surface area contributed by atoms with Gasteiger partial charge in [0, 0.05) is 30.1 Å². The third-order valence-electron chi connectivity index (χ3n) is 5.42. The molecule has 0 fully saturated rings. The molecule has 9 nitrogen and oxygen atoms in total. The second-order valence-corrected chi connectivity index (χ2v) is 8.44. The average Bonchev–Trinajstić information content (AvgIpc) is 3.33.